The normalized spacial score (nSPS) is 22.4. The van der Waals surface area contributed by atoms with E-state index in [1.165, 1.54) is 32.1 Å². The van der Waals surface area contributed by atoms with Gasteiger partial charge in [-0.2, -0.15) is 0 Å². The highest BCUT2D eigenvalue weighted by atomic mass is 16.5. The minimum absolute atomic E-state index is 0.125. The van der Waals surface area contributed by atoms with Crippen LogP contribution >= 0.6 is 0 Å². The van der Waals surface area contributed by atoms with Crippen molar-refractivity contribution in [1.82, 2.24) is 5.32 Å². The minimum Gasteiger partial charge on any atom is -0.376 e. The molecule has 0 radical (unpaired) electrons. The third-order valence-corrected chi connectivity index (χ3v) is 5.54. The molecule has 5 nitrogen and oxygen atoms in total. The van der Waals surface area contributed by atoms with Crippen LogP contribution in [0.4, 0.5) is 0 Å². The van der Waals surface area contributed by atoms with Gasteiger partial charge in [0.15, 0.2) is 0 Å². The van der Waals surface area contributed by atoms with Gasteiger partial charge in [0.05, 0.1) is 49.8 Å². The molecular weight excluding hydrogens is 378 g/mol. The number of rotatable bonds is 16. The molecule has 1 aliphatic carbocycles. The van der Waals surface area contributed by atoms with Gasteiger partial charge in [-0.25, -0.2) is 0 Å². The van der Waals surface area contributed by atoms with Crippen LogP contribution in [-0.4, -0.2) is 62.4 Å². The Morgan fingerprint density at radius 3 is 1.67 bits per heavy atom. The van der Waals surface area contributed by atoms with Crippen molar-refractivity contribution in [3.63, 3.8) is 0 Å². The van der Waals surface area contributed by atoms with E-state index in [4.69, 9.17) is 18.9 Å². The van der Waals surface area contributed by atoms with E-state index in [9.17, 15) is 0 Å². The summed E-state index contributed by atoms with van der Waals surface area (Å²) >= 11 is 0. The molecule has 5 heteroatoms. The van der Waals surface area contributed by atoms with Crippen LogP contribution in [0.3, 0.4) is 0 Å². The highest BCUT2D eigenvalue weighted by Crippen LogP contribution is 2.29. The van der Waals surface area contributed by atoms with Crippen molar-refractivity contribution in [1.29, 1.82) is 0 Å². The van der Waals surface area contributed by atoms with Crippen LogP contribution in [0.25, 0.3) is 0 Å². The number of hydrogen-bond donors (Lipinski definition) is 1. The first kappa shape index (κ1) is 27.8. The Hall–Kier alpha value is -0.200. The van der Waals surface area contributed by atoms with Gasteiger partial charge in [0.25, 0.3) is 0 Å². The first-order valence-corrected chi connectivity index (χ1v) is 12.4. The quantitative estimate of drug-likeness (QED) is 0.358. The van der Waals surface area contributed by atoms with Crippen molar-refractivity contribution in [2.45, 2.75) is 137 Å². The van der Waals surface area contributed by atoms with E-state index >= 15 is 0 Å². The van der Waals surface area contributed by atoms with Crippen molar-refractivity contribution in [2.75, 3.05) is 19.8 Å². The Morgan fingerprint density at radius 2 is 1.17 bits per heavy atom. The molecular formula is C25H51NO4. The molecule has 1 aliphatic rings. The van der Waals surface area contributed by atoms with E-state index in [1.54, 1.807) is 0 Å². The minimum atomic E-state index is 0.125. The van der Waals surface area contributed by atoms with Gasteiger partial charge in [0, 0.05) is 12.6 Å². The first-order valence-electron chi connectivity index (χ1n) is 12.4. The predicted molar refractivity (Wildman–Crippen MR) is 125 cm³/mol. The Balaban J connectivity index is 2.31. The van der Waals surface area contributed by atoms with Crippen LogP contribution in [0, 0.1) is 5.92 Å². The first-order chi connectivity index (χ1) is 14.2. The SMILES string of the molecule is CC(C)OCC(CCC1CCC(NCC(COC(C)C)OC(C)C)CC1)OC(C)C. The highest BCUT2D eigenvalue weighted by Gasteiger charge is 2.24. The second-order valence-electron chi connectivity index (χ2n) is 10.1. The molecule has 30 heavy (non-hydrogen) atoms. The molecule has 1 fully saturated rings. The summed E-state index contributed by atoms with van der Waals surface area (Å²) in [5.74, 6) is 0.812. The van der Waals surface area contributed by atoms with Gasteiger partial charge >= 0.3 is 0 Å². The summed E-state index contributed by atoms with van der Waals surface area (Å²) in [5.41, 5.74) is 0. The lowest BCUT2D eigenvalue weighted by Gasteiger charge is -2.32. The number of nitrogens with one attached hydrogen (secondary N) is 1. The molecule has 0 amide bonds. The Labute approximate surface area is 186 Å². The lowest BCUT2D eigenvalue weighted by molar-refractivity contribution is -0.0641. The van der Waals surface area contributed by atoms with Crippen LogP contribution in [0.1, 0.15) is 93.9 Å². The molecule has 1 saturated carbocycles. The van der Waals surface area contributed by atoms with Gasteiger partial charge in [-0.05, 0) is 99.8 Å². The summed E-state index contributed by atoms with van der Waals surface area (Å²) in [7, 11) is 0. The Bertz CT molecular complexity index is 368. The van der Waals surface area contributed by atoms with Crippen molar-refractivity contribution >= 4 is 0 Å². The van der Waals surface area contributed by atoms with Crippen LogP contribution in [0.15, 0.2) is 0 Å². The van der Waals surface area contributed by atoms with Crippen LogP contribution in [-0.2, 0) is 18.9 Å². The molecule has 0 heterocycles. The second-order valence-corrected chi connectivity index (χ2v) is 10.1. The number of hydrogen-bond acceptors (Lipinski definition) is 5. The maximum atomic E-state index is 6.09. The molecule has 0 aromatic rings. The summed E-state index contributed by atoms with van der Waals surface area (Å²) in [6.45, 7) is 19.0. The van der Waals surface area contributed by atoms with Crippen LogP contribution in [0.2, 0.25) is 0 Å². The molecule has 180 valence electrons. The van der Waals surface area contributed by atoms with Gasteiger partial charge in [-0.1, -0.05) is 0 Å². The van der Waals surface area contributed by atoms with Gasteiger partial charge in [0.1, 0.15) is 0 Å². The summed E-state index contributed by atoms with van der Waals surface area (Å²) in [5, 5.41) is 3.75. The largest absolute Gasteiger partial charge is 0.376 e. The summed E-state index contributed by atoms with van der Waals surface area (Å²) in [6.07, 6.45) is 8.79. The third-order valence-electron chi connectivity index (χ3n) is 5.54. The molecule has 0 aromatic heterocycles. The predicted octanol–water partition coefficient (Wildman–Crippen LogP) is 5.35. The van der Waals surface area contributed by atoms with Crippen molar-refractivity contribution in [3.8, 4) is 0 Å². The molecule has 0 aliphatic heterocycles. The molecule has 1 N–H and O–H groups in total. The molecule has 1 rings (SSSR count). The number of ether oxygens (including phenoxy) is 4. The van der Waals surface area contributed by atoms with Crippen molar-refractivity contribution in [3.05, 3.63) is 0 Å². The standard InChI is InChI=1S/C25H51NO4/c1-18(2)27-16-24(29-20(5)6)14-11-22-9-12-23(13-10-22)26-15-25(30-21(7)8)17-28-19(3)4/h18-26H,9-17H2,1-8H3. The molecule has 0 saturated heterocycles. The second kappa shape index (κ2) is 15.6. The molecule has 2 atom stereocenters. The smallest absolute Gasteiger partial charge is 0.0936 e. The molecule has 0 bridgehead atoms. The summed E-state index contributed by atoms with van der Waals surface area (Å²) < 4.78 is 23.7. The van der Waals surface area contributed by atoms with Gasteiger partial charge < -0.3 is 24.3 Å². The Morgan fingerprint density at radius 1 is 0.667 bits per heavy atom. The molecule has 0 spiro atoms. The van der Waals surface area contributed by atoms with E-state index in [2.05, 4.69) is 60.7 Å². The maximum Gasteiger partial charge on any atom is 0.0936 e. The third kappa shape index (κ3) is 14.0. The van der Waals surface area contributed by atoms with Gasteiger partial charge in [0.2, 0.25) is 0 Å². The topological polar surface area (TPSA) is 49.0 Å². The van der Waals surface area contributed by atoms with Crippen molar-refractivity contribution < 1.29 is 18.9 Å². The average molecular weight is 430 g/mol. The fraction of sp³-hybridized carbons (Fsp3) is 1.00. The van der Waals surface area contributed by atoms with E-state index < -0.39 is 0 Å². The molecule has 2 unspecified atom stereocenters. The fourth-order valence-corrected chi connectivity index (χ4v) is 4.08. The van der Waals surface area contributed by atoms with E-state index in [1.807, 2.05) is 0 Å². The zero-order valence-electron chi connectivity index (χ0n) is 21.1. The lowest BCUT2D eigenvalue weighted by atomic mass is 9.83. The van der Waals surface area contributed by atoms with Gasteiger partial charge in [-0.3, -0.25) is 0 Å². The Kier molecular flexibility index (Phi) is 14.5. The van der Waals surface area contributed by atoms with Crippen LogP contribution in [0.5, 0.6) is 0 Å². The van der Waals surface area contributed by atoms with E-state index in [0.717, 1.165) is 18.9 Å². The summed E-state index contributed by atoms with van der Waals surface area (Å²) in [4.78, 5) is 0. The van der Waals surface area contributed by atoms with Gasteiger partial charge in [-0.15, -0.1) is 0 Å². The average Bonchev–Trinajstić information content (AvgIpc) is 2.66. The molecule has 0 aromatic carbocycles. The maximum absolute atomic E-state index is 6.09. The van der Waals surface area contributed by atoms with Crippen molar-refractivity contribution in [2.24, 2.45) is 5.92 Å². The zero-order valence-corrected chi connectivity index (χ0v) is 21.1. The lowest BCUT2D eigenvalue weighted by Crippen LogP contribution is -2.41. The van der Waals surface area contributed by atoms with E-state index in [-0.39, 0.29) is 36.6 Å². The van der Waals surface area contributed by atoms with E-state index in [0.29, 0.717) is 19.3 Å². The fourth-order valence-electron chi connectivity index (χ4n) is 4.08. The monoisotopic (exact) mass is 429 g/mol. The zero-order chi connectivity index (χ0) is 22.5. The summed E-state index contributed by atoms with van der Waals surface area (Å²) in [6, 6.07) is 0.602. The highest BCUT2D eigenvalue weighted by molar-refractivity contribution is 4.79. The van der Waals surface area contributed by atoms with Crippen LogP contribution < -0.4 is 5.32 Å².